The molecule has 1 saturated heterocycles. The van der Waals surface area contributed by atoms with Crippen LogP contribution >= 0.6 is 11.6 Å². The summed E-state index contributed by atoms with van der Waals surface area (Å²) in [5.74, 6) is 0.120. The Kier molecular flexibility index (Phi) is 2.38. The molecule has 4 rings (SSSR count). The van der Waals surface area contributed by atoms with Crippen LogP contribution in [-0.2, 0) is 4.74 Å². The average Bonchev–Trinajstić information content (AvgIpc) is 3.08. The lowest BCUT2D eigenvalue weighted by molar-refractivity contribution is 0.0683. The third kappa shape index (κ3) is 1.41. The molecule has 104 valence electrons. The van der Waals surface area contributed by atoms with E-state index < -0.39 is 0 Å². The van der Waals surface area contributed by atoms with Gasteiger partial charge >= 0.3 is 0 Å². The van der Waals surface area contributed by atoms with Gasteiger partial charge in [0.15, 0.2) is 0 Å². The van der Waals surface area contributed by atoms with Crippen LogP contribution in [0.2, 0.25) is 5.02 Å². The molecule has 2 aliphatic rings. The molecular formula is C15H14ClNO3. The van der Waals surface area contributed by atoms with Crippen molar-refractivity contribution in [2.45, 2.75) is 32.0 Å². The zero-order chi connectivity index (χ0) is 14.0. The number of benzene rings is 1. The molecule has 0 aliphatic carbocycles. The van der Waals surface area contributed by atoms with Gasteiger partial charge in [-0.1, -0.05) is 17.7 Å². The van der Waals surface area contributed by atoms with E-state index in [-0.39, 0.29) is 24.0 Å². The van der Waals surface area contributed by atoms with E-state index in [2.05, 4.69) is 0 Å². The molecule has 1 fully saturated rings. The van der Waals surface area contributed by atoms with Gasteiger partial charge in [0.05, 0.1) is 29.0 Å². The molecule has 0 amide bonds. The second-order valence-electron chi connectivity index (χ2n) is 5.43. The number of aromatic hydroxyl groups is 2. The van der Waals surface area contributed by atoms with Crippen molar-refractivity contribution in [2.75, 3.05) is 0 Å². The van der Waals surface area contributed by atoms with Crippen LogP contribution in [-0.4, -0.2) is 14.8 Å². The van der Waals surface area contributed by atoms with Gasteiger partial charge in [0.25, 0.3) is 0 Å². The van der Waals surface area contributed by atoms with Crippen molar-refractivity contribution >= 4 is 11.6 Å². The summed E-state index contributed by atoms with van der Waals surface area (Å²) in [4.78, 5) is 0. The van der Waals surface area contributed by atoms with Crippen LogP contribution in [0.3, 0.4) is 0 Å². The first kappa shape index (κ1) is 12.1. The van der Waals surface area contributed by atoms with Crippen molar-refractivity contribution in [1.29, 1.82) is 0 Å². The van der Waals surface area contributed by atoms with Crippen LogP contribution in [0.1, 0.15) is 41.7 Å². The first-order chi connectivity index (χ1) is 9.58. The van der Waals surface area contributed by atoms with E-state index in [9.17, 15) is 10.2 Å². The predicted octanol–water partition coefficient (Wildman–Crippen LogP) is 3.76. The van der Waals surface area contributed by atoms with Crippen LogP contribution in [0, 0.1) is 6.92 Å². The normalized spacial score (nSPS) is 23.3. The van der Waals surface area contributed by atoms with Gasteiger partial charge in [0, 0.05) is 5.02 Å². The summed E-state index contributed by atoms with van der Waals surface area (Å²) >= 11 is 6.13. The summed E-state index contributed by atoms with van der Waals surface area (Å²) in [5.41, 5.74) is 3.08. The SMILES string of the molecule is Cc1ccc(-n2c(O)c3c(c2O)[C@H]2CC[C@@H]3O2)cc1Cl. The number of hydrogen-bond acceptors (Lipinski definition) is 3. The number of nitrogens with zero attached hydrogens (tertiary/aromatic N) is 1. The fourth-order valence-corrected chi connectivity index (χ4v) is 3.42. The molecule has 3 heterocycles. The summed E-state index contributed by atoms with van der Waals surface area (Å²) in [6.07, 6.45) is 1.60. The number of halogens is 1. The largest absolute Gasteiger partial charge is 0.494 e. The number of hydrogen-bond donors (Lipinski definition) is 2. The minimum absolute atomic E-state index is 0.0598. The van der Waals surface area contributed by atoms with Crippen LogP contribution in [0.15, 0.2) is 18.2 Å². The van der Waals surface area contributed by atoms with Crippen molar-refractivity contribution in [1.82, 2.24) is 4.57 Å². The lowest BCUT2D eigenvalue weighted by atomic mass is 9.95. The summed E-state index contributed by atoms with van der Waals surface area (Å²) in [5, 5.41) is 21.5. The highest BCUT2D eigenvalue weighted by Gasteiger charge is 2.45. The van der Waals surface area contributed by atoms with Crippen molar-refractivity contribution < 1.29 is 14.9 Å². The number of fused-ring (bicyclic) bond motifs is 5. The quantitative estimate of drug-likeness (QED) is 0.841. The topological polar surface area (TPSA) is 54.6 Å². The Morgan fingerprint density at radius 3 is 2.30 bits per heavy atom. The molecule has 4 nitrogen and oxygen atoms in total. The second kappa shape index (κ2) is 3.93. The summed E-state index contributed by atoms with van der Waals surface area (Å²) < 4.78 is 7.17. The van der Waals surface area contributed by atoms with Gasteiger partial charge in [-0.15, -0.1) is 0 Å². The smallest absolute Gasteiger partial charge is 0.205 e. The summed E-state index contributed by atoms with van der Waals surface area (Å²) in [6, 6.07) is 5.44. The van der Waals surface area contributed by atoms with E-state index in [0.717, 1.165) is 29.5 Å². The Labute approximate surface area is 121 Å². The highest BCUT2D eigenvalue weighted by Crippen LogP contribution is 2.58. The maximum absolute atomic E-state index is 10.4. The Morgan fingerprint density at radius 1 is 1.15 bits per heavy atom. The summed E-state index contributed by atoms with van der Waals surface area (Å²) in [6.45, 7) is 1.91. The first-order valence-corrected chi connectivity index (χ1v) is 7.04. The zero-order valence-electron chi connectivity index (χ0n) is 10.9. The lowest BCUT2D eigenvalue weighted by Gasteiger charge is -2.11. The minimum Gasteiger partial charge on any atom is -0.494 e. The van der Waals surface area contributed by atoms with Gasteiger partial charge in [0.2, 0.25) is 11.8 Å². The molecule has 1 aromatic carbocycles. The van der Waals surface area contributed by atoms with Crippen molar-refractivity contribution in [3.63, 3.8) is 0 Å². The van der Waals surface area contributed by atoms with Gasteiger partial charge in [-0.05, 0) is 37.5 Å². The molecule has 20 heavy (non-hydrogen) atoms. The average molecular weight is 292 g/mol. The van der Waals surface area contributed by atoms with E-state index in [1.807, 2.05) is 19.1 Å². The Balaban J connectivity index is 1.94. The maximum Gasteiger partial charge on any atom is 0.205 e. The van der Waals surface area contributed by atoms with Crippen LogP contribution in [0.5, 0.6) is 11.8 Å². The molecule has 2 N–H and O–H groups in total. The van der Waals surface area contributed by atoms with E-state index in [4.69, 9.17) is 16.3 Å². The number of rotatable bonds is 1. The van der Waals surface area contributed by atoms with Crippen molar-refractivity contribution in [3.05, 3.63) is 39.9 Å². The van der Waals surface area contributed by atoms with E-state index >= 15 is 0 Å². The van der Waals surface area contributed by atoms with E-state index in [0.29, 0.717) is 10.7 Å². The van der Waals surface area contributed by atoms with E-state index in [1.165, 1.54) is 4.57 Å². The molecule has 0 radical (unpaired) electrons. The third-order valence-corrected chi connectivity index (χ3v) is 4.68. The van der Waals surface area contributed by atoms with Gasteiger partial charge in [-0.3, -0.25) is 4.57 Å². The summed E-state index contributed by atoms with van der Waals surface area (Å²) in [7, 11) is 0. The van der Waals surface area contributed by atoms with Crippen molar-refractivity contribution in [2.24, 2.45) is 0 Å². The molecule has 1 aromatic heterocycles. The van der Waals surface area contributed by atoms with Crippen LogP contribution < -0.4 is 0 Å². The Morgan fingerprint density at radius 2 is 1.75 bits per heavy atom. The Hall–Kier alpha value is -1.65. The van der Waals surface area contributed by atoms with Crippen molar-refractivity contribution in [3.8, 4) is 17.4 Å². The van der Waals surface area contributed by atoms with Crippen LogP contribution in [0.25, 0.3) is 5.69 Å². The monoisotopic (exact) mass is 291 g/mol. The molecule has 5 heteroatoms. The molecule has 2 aliphatic heterocycles. The molecule has 0 spiro atoms. The molecule has 2 bridgehead atoms. The standard InChI is InChI=1S/C15H14ClNO3/c1-7-2-3-8(6-9(7)16)17-14(18)12-10-4-5-11(20-10)13(12)15(17)19/h2-3,6,10-11,18-19H,4-5H2,1H3/t10-,11+. The van der Waals surface area contributed by atoms with Gasteiger partial charge in [-0.2, -0.15) is 0 Å². The molecule has 2 aromatic rings. The fourth-order valence-electron chi connectivity index (χ4n) is 3.24. The number of aryl methyl sites for hydroxylation is 1. The van der Waals surface area contributed by atoms with Gasteiger partial charge in [-0.25, -0.2) is 0 Å². The van der Waals surface area contributed by atoms with Gasteiger partial charge < -0.3 is 14.9 Å². The molecular weight excluding hydrogens is 278 g/mol. The Bertz CT molecular complexity index is 689. The second-order valence-corrected chi connectivity index (χ2v) is 5.84. The lowest BCUT2D eigenvalue weighted by Crippen LogP contribution is -1.96. The maximum atomic E-state index is 10.4. The predicted molar refractivity (Wildman–Crippen MR) is 74.6 cm³/mol. The number of ether oxygens (including phenoxy) is 1. The zero-order valence-corrected chi connectivity index (χ0v) is 11.7. The number of aromatic nitrogens is 1. The highest BCUT2D eigenvalue weighted by molar-refractivity contribution is 6.31. The fraction of sp³-hybridized carbons (Fsp3) is 0.333. The molecule has 2 atom stereocenters. The minimum atomic E-state index is -0.0944. The van der Waals surface area contributed by atoms with E-state index in [1.54, 1.807) is 6.07 Å². The first-order valence-electron chi connectivity index (χ1n) is 6.66. The highest BCUT2D eigenvalue weighted by atomic mass is 35.5. The third-order valence-electron chi connectivity index (χ3n) is 4.27. The molecule has 0 unspecified atom stereocenters. The van der Waals surface area contributed by atoms with Crippen LogP contribution in [0.4, 0.5) is 0 Å². The van der Waals surface area contributed by atoms with Gasteiger partial charge in [0.1, 0.15) is 0 Å². The molecule has 0 saturated carbocycles.